The molecule has 0 aromatic heterocycles. The third kappa shape index (κ3) is 3.55. The summed E-state index contributed by atoms with van der Waals surface area (Å²) < 4.78 is 4.85. The minimum absolute atomic E-state index is 0.0419. The number of nitro benzene ring substituents is 1. The summed E-state index contributed by atoms with van der Waals surface area (Å²) in [5, 5.41) is 10.5. The molecule has 1 aromatic carbocycles. The second kappa shape index (κ2) is 6.78. The number of nitro groups is 1. The van der Waals surface area contributed by atoms with Crippen molar-refractivity contribution in [2.24, 2.45) is 5.73 Å². The molecule has 0 amide bonds. The van der Waals surface area contributed by atoms with Crippen molar-refractivity contribution in [1.82, 2.24) is 0 Å². The van der Waals surface area contributed by atoms with Crippen molar-refractivity contribution in [2.45, 2.75) is 20.4 Å². The van der Waals surface area contributed by atoms with Crippen molar-refractivity contribution in [3.05, 3.63) is 33.9 Å². The smallest absolute Gasteiger partial charge is 0.310 e. The van der Waals surface area contributed by atoms with Gasteiger partial charge in [0.1, 0.15) is 0 Å². The number of hydrogen-bond acceptors (Lipinski definition) is 4. The van der Waals surface area contributed by atoms with Crippen molar-refractivity contribution in [3.63, 3.8) is 0 Å². The molecule has 2 N–H and O–H groups in total. The van der Waals surface area contributed by atoms with Crippen molar-refractivity contribution < 1.29 is 9.66 Å². The molecule has 0 aliphatic heterocycles. The minimum atomic E-state index is -0.487. The average molecular weight is 212 g/mol. The van der Waals surface area contributed by atoms with Gasteiger partial charge < -0.3 is 10.5 Å². The van der Waals surface area contributed by atoms with E-state index in [-0.39, 0.29) is 11.4 Å². The largest absolute Gasteiger partial charge is 0.490 e. The van der Waals surface area contributed by atoms with Crippen molar-refractivity contribution >= 4 is 5.69 Å². The lowest BCUT2D eigenvalue weighted by molar-refractivity contribution is -0.385. The summed E-state index contributed by atoms with van der Waals surface area (Å²) in [6.07, 6.45) is 0. The number of ether oxygens (including phenoxy) is 1. The highest BCUT2D eigenvalue weighted by Gasteiger charge is 2.13. The van der Waals surface area contributed by atoms with Crippen LogP contribution in [-0.4, -0.2) is 12.0 Å². The van der Waals surface area contributed by atoms with E-state index in [9.17, 15) is 10.1 Å². The van der Waals surface area contributed by atoms with Crippen LogP contribution in [0.4, 0.5) is 5.69 Å². The monoisotopic (exact) mass is 212 g/mol. The molecule has 0 saturated heterocycles. The lowest BCUT2D eigenvalue weighted by Gasteiger charge is -2.02. The number of nitrogens with zero attached hydrogens (tertiary/aromatic N) is 1. The third-order valence-corrected chi connectivity index (χ3v) is 1.68. The minimum Gasteiger partial charge on any atom is -0.490 e. The summed E-state index contributed by atoms with van der Waals surface area (Å²) in [6, 6.07) is 4.57. The Kier molecular flexibility index (Phi) is 6.05. The van der Waals surface area contributed by atoms with Gasteiger partial charge in [0.15, 0.2) is 5.75 Å². The Morgan fingerprint density at radius 3 is 2.47 bits per heavy atom. The lowest BCUT2D eigenvalue weighted by Crippen LogP contribution is -1.99. The van der Waals surface area contributed by atoms with Crippen LogP contribution in [0.5, 0.6) is 5.75 Å². The fourth-order valence-electron chi connectivity index (χ4n) is 1.000. The van der Waals surface area contributed by atoms with E-state index in [2.05, 4.69) is 0 Å². The molecule has 0 spiro atoms. The van der Waals surface area contributed by atoms with E-state index in [1.165, 1.54) is 13.2 Å². The number of methoxy groups -OCH3 is 1. The summed E-state index contributed by atoms with van der Waals surface area (Å²) in [4.78, 5) is 9.99. The van der Waals surface area contributed by atoms with Gasteiger partial charge >= 0.3 is 5.69 Å². The first-order valence-corrected chi connectivity index (χ1v) is 4.70. The Labute approximate surface area is 89.0 Å². The van der Waals surface area contributed by atoms with E-state index in [1.54, 1.807) is 12.1 Å². The topological polar surface area (TPSA) is 78.4 Å². The van der Waals surface area contributed by atoms with Crippen molar-refractivity contribution in [1.29, 1.82) is 0 Å². The molecule has 0 radical (unpaired) electrons. The highest BCUT2D eigenvalue weighted by Crippen LogP contribution is 2.27. The van der Waals surface area contributed by atoms with Gasteiger partial charge in [-0.15, -0.1) is 0 Å². The molecular formula is C10H16N2O3. The summed E-state index contributed by atoms with van der Waals surface area (Å²) in [5.41, 5.74) is 6.14. The highest BCUT2D eigenvalue weighted by atomic mass is 16.6. The second-order valence-electron chi connectivity index (χ2n) is 2.47. The van der Waals surface area contributed by atoms with Gasteiger partial charge in [0.05, 0.1) is 12.0 Å². The summed E-state index contributed by atoms with van der Waals surface area (Å²) in [5.74, 6) is 0.243. The Balaban J connectivity index is 0.000000921. The molecule has 0 aliphatic carbocycles. The van der Waals surface area contributed by atoms with Crippen molar-refractivity contribution in [2.75, 3.05) is 7.11 Å². The molecule has 0 bridgehead atoms. The third-order valence-electron chi connectivity index (χ3n) is 1.68. The Morgan fingerprint density at radius 2 is 2.07 bits per heavy atom. The standard InChI is InChI=1S/C8H10N2O3.C2H6/c1-13-8-4-6(5-9)2-3-7(8)10(11)12;1-2/h2-4H,5,9H2,1H3;1-2H3. The fraction of sp³-hybridized carbons (Fsp3) is 0.400. The zero-order valence-electron chi connectivity index (χ0n) is 9.19. The van der Waals surface area contributed by atoms with Crippen molar-refractivity contribution in [3.8, 4) is 5.75 Å². The van der Waals surface area contributed by atoms with Gasteiger partial charge in [0.25, 0.3) is 0 Å². The van der Waals surface area contributed by atoms with Crippen LogP contribution in [-0.2, 0) is 6.54 Å². The number of benzene rings is 1. The Morgan fingerprint density at radius 1 is 1.47 bits per heavy atom. The summed E-state index contributed by atoms with van der Waals surface area (Å²) >= 11 is 0. The first kappa shape index (κ1) is 13.4. The van der Waals surface area contributed by atoms with Crippen LogP contribution in [0.2, 0.25) is 0 Å². The molecule has 15 heavy (non-hydrogen) atoms. The average Bonchev–Trinajstić information content (AvgIpc) is 2.30. The maximum absolute atomic E-state index is 10.5. The first-order valence-electron chi connectivity index (χ1n) is 4.70. The Hall–Kier alpha value is -1.62. The van der Waals surface area contributed by atoms with E-state index in [0.717, 1.165) is 5.56 Å². The van der Waals surface area contributed by atoms with Crippen LogP contribution in [0.25, 0.3) is 0 Å². The molecular weight excluding hydrogens is 196 g/mol. The molecule has 0 fully saturated rings. The number of hydrogen-bond donors (Lipinski definition) is 1. The fourth-order valence-corrected chi connectivity index (χ4v) is 1.000. The Bertz CT molecular complexity index is 326. The maximum atomic E-state index is 10.5. The molecule has 0 heterocycles. The molecule has 5 nitrogen and oxygen atoms in total. The van der Waals surface area contributed by atoms with Crippen LogP contribution >= 0.6 is 0 Å². The maximum Gasteiger partial charge on any atom is 0.310 e. The van der Waals surface area contributed by atoms with Crippen LogP contribution in [0.15, 0.2) is 18.2 Å². The van der Waals surface area contributed by atoms with Gasteiger partial charge in [-0.25, -0.2) is 0 Å². The van der Waals surface area contributed by atoms with E-state index in [1.807, 2.05) is 13.8 Å². The highest BCUT2D eigenvalue weighted by molar-refractivity contribution is 5.48. The zero-order valence-corrected chi connectivity index (χ0v) is 9.19. The van der Waals surface area contributed by atoms with E-state index < -0.39 is 4.92 Å². The second-order valence-corrected chi connectivity index (χ2v) is 2.47. The zero-order chi connectivity index (χ0) is 11.8. The van der Waals surface area contributed by atoms with Crippen LogP contribution < -0.4 is 10.5 Å². The van der Waals surface area contributed by atoms with E-state index >= 15 is 0 Å². The van der Waals surface area contributed by atoms with E-state index in [4.69, 9.17) is 10.5 Å². The van der Waals surface area contributed by atoms with Gasteiger partial charge in [-0.3, -0.25) is 10.1 Å². The molecule has 0 atom stereocenters. The van der Waals surface area contributed by atoms with Gasteiger partial charge in [-0.1, -0.05) is 19.9 Å². The predicted octanol–water partition coefficient (Wildman–Crippen LogP) is 2.09. The molecule has 5 heteroatoms. The van der Waals surface area contributed by atoms with Crippen LogP contribution in [0.3, 0.4) is 0 Å². The quantitative estimate of drug-likeness (QED) is 0.614. The summed E-state index contributed by atoms with van der Waals surface area (Å²) in [6.45, 7) is 4.34. The number of rotatable bonds is 3. The molecule has 1 rings (SSSR count). The molecule has 84 valence electrons. The molecule has 0 unspecified atom stereocenters. The normalized spacial score (nSPS) is 8.80. The molecule has 0 saturated carbocycles. The number of nitrogens with two attached hydrogens (primary N) is 1. The molecule has 1 aromatic rings. The van der Waals surface area contributed by atoms with Gasteiger partial charge in [0, 0.05) is 12.6 Å². The van der Waals surface area contributed by atoms with Gasteiger partial charge in [0.2, 0.25) is 0 Å². The van der Waals surface area contributed by atoms with Crippen LogP contribution in [0.1, 0.15) is 19.4 Å². The van der Waals surface area contributed by atoms with Crippen LogP contribution in [0, 0.1) is 10.1 Å². The first-order chi connectivity index (χ1) is 7.19. The summed E-state index contributed by atoms with van der Waals surface area (Å²) in [7, 11) is 1.39. The van der Waals surface area contributed by atoms with E-state index in [0.29, 0.717) is 6.54 Å². The van der Waals surface area contributed by atoms with Gasteiger partial charge in [-0.05, 0) is 11.6 Å². The lowest BCUT2D eigenvalue weighted by atomic mass is 10.2. The SMILES string of the molecule is CC.COc1cc(CN)ccc1[N+](=O)[O-]. The van der Waals surface area contributed by atoms with Gasteiger partial charge in [-0.2, -0.15) is 0 Å². The predicted molar refractivity (Wildman–Crippen MR) is 58.9 cm³/mol. The molecule has 0 aliphatic rings.